The molecule has 0 spiro atoms. The summed E-state index contributed by atoms with van der Waals surface area (Å²) in [6.45, 7) is 1.60. The van der Waals surface area contributed by atoms with E-state index in [9.17, 15) is 9.59 Å². The Morgan fingerprint density at radius 3 is 2.50 bits per heavy atom. The van der Waals surface area contributed by atoms with Crippen molar-refractivity contribution in [3.63, 3.8) is 0 Å². The Morgan fingerprint density at radius 1 is 1.42 bits per heavy atom. The second-order valence-corrected chi connectivity index (χ2v) is 1.68. The van der Waals surface area contributed by atoms with Crippen LogP contribution in [0.5, 0.6) is 0 Å². The van der Waals surface area contributed by atoms with Gasteiger partial charge >= 0.3 is 11.3 Å². The number of aromatic nitrogens is 1. The van der Waals surface area contributed by atoms with Gasteiger partial charge in [0.15, 0.2) is 6.61 Å². The number of rotatable bonds is 2. The van der Waals surface area contributed by atoms with Gasteiger partial charge in [0.05, 0.1) is 0 Å². The molecule has 1 aromatic heterocycles. The Hall–Kier alpha value is -1.90. The Morgan fingerprint density at radius 2 is 2.00 bits per heavy atom. The van der Waals surface area contributed by atoms with E-state index in [1.165, 1.54) is 0 Å². The first kappa shape index (κ1) is 8.20. The zero-order valence-corrected chi connectivity index (χ0v) is 6.20. The molecule has 12 heavy (non-hydrogen) atoms. The molecule has 0 aliphatic carbocycles. The zero-order valence-electron chi connectivity index (χ0n) is 6.20. The highest BCUT2D eigenvalue weighted by Crippen LogP contribution is 1.71. The minimum Gasteiger partial charge on any atom is -0.344 e. The van der Waals surface area contributed by atoms with Crippen LogP contribution in [0.15, 0.2) is 18.6 Å². The average Bonchev–Trinajstić information content (AvgIpc) is 2.32. The fourth-order valence-electron chi connectivity index (χ4n) is 0.438. The molecule has 0 saturated carbocycles. The summed E-state index contributed by atoms with van der Waals surface area (Å²) in [4.78, 5) is 25.3. The van der Waals surface area contributed by atoms with Gasteiger partial charge < -0.3 is 4.84 Å². The molecule has 0 unspecified atom stereocenters. The molecule has 0 N–H and O–H groups in total. The van der Waals surface area contributed by atoms with E-state index < -0.39 is 11.3 Å². The van der Waals surface area contributed by atoms with Gasteiger partial charge in [-0.15, -0.1) is 5.92 Å². The minimum atomic E-state index is -1.11. The second kappa shape index (κ2) is 3.48. The lowest BCUT2D eigenvalue weighted by molar-refractivity contribution is -0.135. The van der Waals surface area contributed by atoms with Crippen LogP contribution >= 0.6 is 0 Å². The predicted molar refractivity (Wildman–Crippen MR) is 36.4 cm³/mol. The fourth-order valence-corrected chi connectivity index (χ4v) is 0.438. The van der Waals surface area contributed by atoms with E-state index in [4.69, 9.17) is 0 Å². The summed E-state index contributed by atoms with van der Waals surface area (Å²) in [6.07, 6.45) is 0. The summed E-state index contributed by atoms with van der Waals surface area (Å²) in [5.74, 6) is 5.04. The van der Waals surface area contributed by atoms with Crippen molar-refractivity contribution in [2.75, 3.05) is 6.61 Å². The highest BCUT2D eigenvalue weighted by Gasteiger charge is 2.03. The molecule has 64 valence electrons. The second-order valence-electron chi connectivity index (χ2n) is 1.68. The normalized spacial score (nSPS) is 8.75. The minimum absolute atomic E-state index is 0.0168. The third-order valence-corrected chi connectivity index (χ3v) is 0.900. The molecule has 1 aromatic rings. The molecule has 0 fully saturated rings. The van der Waals surface area contributed by atoms with Gasteiger partial charge in [-0.05, 0) is 6.92 Å². The quantitative estimate of drug-likeness (QED) is 0.414. The summed E-state index contributed by atoms with van der Waals surface area (Å²) in [7, 11) is 0. The third kappa shape index (κ3) is 1.79. The molecule has 0 aromatic carbocycles. The molecule has 0 bridgehead atoms. The van der Waals surface area contributed by atoms with E-state index in [1.807, 2.05) is 0 Å². The van der Waals surface area contributed by atoms with Crippen LogP contribution in [0.2, 0.25) is 0 Å². The van der Waals surface area contributed by atoms with Gasteiger partial charge in [-0.3, -0.25) is 9.05 Å². The monoisotopic (exact) mass is 171 g/mol. The highest BCUT2D eigenvalue weighted by atomic mass is 17.0. The lowest BCUT2D eigenvalue weighted by atomic mass is 10.6. The summed E-state index contributed by atoms with van der Waals surface area (Å²) in [5, 5.41) is 0.328. The predicted octanol–water partition coefficient (Wildman–Crippen LogP) is -1.15. The van der Waals surface area contributed by atoms with Crippen molar-refractivity contribution in [1.82, 2.24) is 5.08 Å². The fraction of sp³-hybridized carbons (Fsp3) is 0.333. The molecule has 1 heterocycles. The molecule has 0 atom stereocenters. The Labute approximate surface area is 66.2 Å². The molecular weight excluding hydrogens is 166 g/mol. The Bertz CT molecular complexity index is 384. The molecule has 6 heteroatoms. The van der Waals surface area contributed by atoms with Crippen LogP contribution in [-0.2, 0) is 0 Å². The van der Waals surface area contributed by atoms with E-state index >= 15 is 0 Å². The van der Waals surface area contributed by atoms with Gasteiger partial charge in [-0.2, -0.15) is 0 Å². The molecule has 0 radical (unpaired) electrons. The van der Waals surface area contributed by atoms with Gasteiger partial charge in [0.1, 0.15) is 5.08 Å². The van der Waals surface area contributed by atoms with Crippen LogP contribution in [0.1, 0.15) is 6.92 Å². The lowest BCUT2D eigenvalue weighted by Crippen LogP contribution is -2.14. The zero-order chi connectivity index (χ0) is 8.97. The van der Waals surface area contributed by atoms with Crippen LogP contribution in [0.25, 0.3) is 0 Å². The van der Waals surface area contributed by atoms with Gasteiger partial charge in [-0.25, -0.2) is 9.59 Å². The van der Waals surface area contributed by atoms with Crippen molar-refractivity contribution in [2.45, 2.75) is 6.92 Å². The number of hydrogen-bond donors (Lipinski definition) is 0. The Balaban J connectivity index is 2.69. The first-order valence-corrected chi connectivity index (χ1v) is 3.01. The van der Waals surface area contributed by atoms with E-state index in [0.717, 1.165) is 0 Å². The van der Waals surface area contributed by atoms with Crippen LogP contribution in [-0.4, -0.2) is 11.7 Å². The highest BCUT2D eigenvalue weighted by molar-refractivity contribution is 4.94. The molecule has 0 aliphatic heterocycles. The molecule has 0 amide bonds. The van der Waals surface area contributed by atoms with Crippen molar-refractivity contribution >= 4 is 0 Å². The first-order chi connectivity index (χ1) is 5.74. The van der Waals surface area contributed by atoms with Crippen LogP contribution < -0.4 is 16.1 Å². The van der Waals surface area contributed by atoms with Crippen molar-refractivity contribution < 1.29 is 13.9 Å². The average molecular weight is 171 g/mol. The smallest absolute Gasteiger partial charge is 0.344 e. The van der Waals surface area contributed by atoms with Crippen molar-refractivity contribution in [3.8, 4) is 11.8 Å². The van der Waals surface area contributed by atoms with Crippen LogP contribution in [0.3, 0.4) is 0 Å². The topological polar surface area (TPSA) is 74.6 Å². The molecule has 0 saturated heterocycles. The SMILES string of the molecule is CC#CCOn1oc(=O)c(=O)o1. The van der Waals surface area contributed by atoms with E-state index in [0.29, 0.717) is 5.08 Å². The summed E-state index contributed by atoms with van der Waals surface area (Å²) in [5.41, 5.74) is -2.22. The number of nitrogens with zero attached hydrogens (tertiary/aromatic N) is 1. The summed E-state index contributed by atoms with van der Waals surface area (Å²) >= 11 is 0. The van der Waals surface area contributed by atoms with Crippen molar-refractivity contribution in [2.24, 2.45) is 0 Å². The van der Waals surface area contributed by atoms with Crippen LogP contribution in [0.4, 0.5) is 0 Å². The maximum absolute atomic E-state index is 10.4. The molecular formula is C6H5NO5. The maximum atomic E-state index is 10.4. The largest absolute Gasteiger partial charge is 0.449 e. The van der Waals surface area contributed by atoms with Crippen LogP contribution in [0, 0.1) is 11.8 Å². The van der Waals surface area contributed by atoms with E-state index in [-0.39, 0.29) is 6.61 Å². The van der Waals surface area contributed by atoms with Gasteiger partial charge in [0, 0.05) is 0 Å². The van der Waals surface area contributed by atoms with Gasteiger partial charge in [-0.1, -0.05) is 5.92 Å². The molecule has 6 nitrogen and oxygen atoms in total. The summed E-state index contributed by atoms with van der Waals surface area (Å²) in [6, 6.07) is 0. The van der Waals surface area contributed by atoms with Gasteiger partial charge in [0.25, 0.3) is 0 Å². The number of hydrogen-bond acceptors (Lipinski definition) is 5. The lowest BCUT2D eigenvalue weighted by Gasteiger charge is -1.91. The molecule has 1 rings (SSSR count). The molecule has 0 aliphatic rings. The summed E-state index contributed by atoms with van der Waals surface area (Å²) < 4.78 is 8.31. The van der Waals surface area contributed by atoms with Crippen molar-refractivity contribution in [1.29, 1.82) is 0 Å². The van der Waals surface area contributed by atoms with Crippen molar-refractivity contribution in [3.05, 3.63) is 20.8 Å². The Kier molecular flexibility index (Phi) is 2.38. The van der Waals surface area contributed by atoms with E-state index in [1.54, 1.807) is 6.92 Å². The van der Waals surface area contributed by atoms with E-state index in [2.05, 4.69) is 25.7 Å². The standard InChI is InChI=1S/C6H5NO5/c1-2-3-4-10-7-11-5(8)6(9)12-7/h4H2,1H3. The first-order valence-electron chi connectivity index (χ1n) is 3.01. The van der Waals surface area contributed by atoms with Gasteiger partial charge in [0.2, 0.25) is 0 Å². The third-order valence-electron chi connectivity index (χ3n) is 0.900. The maximum Gasteiger partial charge on any atom is 0.449 e.